The van der Waals surface area contributed by atoms with Crippen LogP contribution in [-0.2, 0) is 9.53 Å². The second-order valence-electron chi connectivity index (χ2n) is 3.97. The van der Waals surface area contributed by atoms with Gasteiger partial charge in [0.15, 0.2) is 0 Å². The predicted octanol–water partition coefficient (Wildman–Crippen LogP) is 1.09. The lowest BCUT2D eigenvalue weighted by Crippen LogP contribution is -2.37. The molecule has 0 aliphatic carbocycles. The molecule has 0 aromatic rings. The van der Waals surface area contributed by atoms with Crippen molar-refractivity contribution in [3.63, 3.8) is 0 Å². The van der Waals surface area contributed by atoms with Crippen molar-refractivity contribution in [1.29, 1.82) is 0 Å². The van der Waals surface area contributed by atoms with E-state index in [1.807, 2.05) is 6.92 Å². The van der Waals surface area contributed by atoms with Gasteiger partial charge in [-0.25, -0.2) is 0 Å². The Morgan fingerprint density at radius 3 is 2.94 bits per heavy atom. The minimum Gasteiger partial charge on any atom is -0.369 e. The number of amides is 1. The number of ether oxygens (including phenoxy) is 1. The van der Waals surface area contributed by atoms with E-state index in [-0.39, 0.29) is 24.4 Å². The number of carbonyl (C=O) groups excluding carboxylic acids is 1. The van der Waals surface area contributed by atoms with E-state index in [4.69, 9.17) is 4.74 Å². The van der Waals surface area contributed by atoms with Crippen LogP contribution in [0.3, 0.4) is 0 Å². The number of hydrogen-bond donors (Lipinski definition) is 2. The van der Waals surface area contributed by atoms with E-state index in [1.54, 1.807) is 6.92 Å². The Morgan fingerprint density at radius 2 is 2.38 bits per heavy atom. The van der Waals surface area contributed by atoms with Crippen molar-refractivity contribution in [3.8, 4) is 0 Å². The summed E-state index contributed by atoms with van der Waals surface area (Å²) < 4.78 is 5.20. The Kier molecular flexibility index (Phi) is 8.61. The zero-order valence-electron chi connectivity index (χ0n) is 10.1. The zero-order valence-corrected chi connectivity index (χ0v) is 10.9. The molecule has 1 heterocycles. The van der Waals surface area contributed by atoms with E-state index in [0.29, 0.717) is 12.6 Å². The molecule has 2 atom stereocenters. The van der Waals surface area contributed by atoms with Crippen LogP contribution >= 0.6 is 12.4 Å². The minimum absolute atomic E-state index is 0. The van der Waals surface area contributed by atoms with Crippen molar-refractivity contribution in [2.75, 3.05) is 19.7 Å². The molecule has 0 bridgehead atoms. The summed E-state index contributed by atoms with van der Waals surface area (Å²) in [5.41, 5.74) is 0. The highest BCUT2D eigenvalue weighted by atomic mass is 35.5. The van der Waals surface area contributed by atoms with Gasteiger partial charge in [0.25, 0.3) is 0 Å². The van der Waals surface area contributed by atoms with E-state index < -0.39 is 0 Å². The molecule has 1 aliphatic rings. The first-order valence-electron chi connectivity index (χ1n) is 5.86. The van der Waals surface area contributed by atoms with E-state index in [9.17, 15) is 4.79 Å². The van der Waals surface area contributed by atoms with Crippen LogP contribution in [0.4, 0.5) is 0 Å². The fourth-order valence-corrected chi connectivity index (χ4v) is 1.84. The molecule has 0 spiro atoms. The van der Waals surface area contributed by atoms with Gasteiger partial charge in [0.1, 0.15) is 6.10 Å². The Bertz CT molecular complexity index is 196. The van der Waals surface area contributed by atoms with Gasteiger partial charge in [-0.1, -0.05) is 0 Å². The monoisotopic (exact) mass is 250 g/mol. The summed E-state index contributed by atoms with van der Waals surface area (Å²) in [6.07, 6.45) is 3.18. The first kappa shape index (κ1) is 15.7. The average Bonchev–Trinajstić information content (AvgIpc) is 2.71. The summed E-state index contributed by atoms with van der Waals surface area (Å²) in [4.78, 5) is 11.5. The number of nitrogens with one attached hydrogen (secondary N) is 2. The second-order valence-corrected chi connectivity index (χ2v) is 3.97. The van der Waals surface area contributed by atoms with E-state index in [0.717, 1.165) is 19.5 Å². The van der Waals surface area contributed by atoms with Gasteiger partial charge in [-0.05, 0) is 39.7 Å². The van der Waals surface area contributed by atoms with Gasteiger partial charge >= 0.3 is 0 Å². The Balaban J connectivity index is 0.00000225. The molecule has 1 fully saturated rings. The number of halogens is 1. The van der Waals surface area contributed by atoms with Crippen molar-refractivity contribution in [2.45, 2.75) is 45.3 Å². The van der Waals surface area contributed by atoms with Gasteiger partial charge in [-0.2, -0.15) is 0 Å². The van der Waals surface area contributed by atoms with Crippen LogP contribution in [0.1, 0.15) is 33.1 Å². The summed E-state index contributed by atoms with van der Waals surface area (Å²) in [6, 6.07) is 0.590. The van der Waals surface area contributed by atoms with Crippen LogP contribution in [0.25, 0.3) is 0 Å². The van der Waals surface area contributed by atoms with Crippen LogP contribution < -0.4 is 10.6 Å². The average molecular weight is 251 g/mol. The third-order valence-corrected chi connectivity index (χ3v) is 2.74. The molecule has 1 saturated heterocycles. The molecule has 96 valence electrons. The molecule has 0 aromatic carbocycles. The topological polar surface area (TPSA) is 50.4 Å². The minimum atomic E-state index is -0.327. The van der Waals surface area contributed by atoms with Gasteiger partial charge in [-0.15, -0.1) is 12.4 Å². The Hall–Kier alpha value is -0.320. The molecular weight excluding hydrogens is 228 g/mol. The lowest BCUT2D eigenvalue weighted by atomic mass is 10.1. The largest absolute Gasteiger partial charge is 0.369 e. The van der Waals surface area contributed by atoms with Crippen molar-refractivity contribution in [3.05, 3.63) is 0 Å². The highest BCUT2D eigenvalue weighted by molar-refractivity contribution is 5.85. The van der Waals surface area contributed by atoms with Gasteiger partial charge < -0.3 is 15.4 Å². The summed E-state index contributed by atoms with van der Waals surface area (Å²) in [6.45, 7) is 6.12. The fraction of sp³-hybridized carbons (Fsp3) is 0.909. The molecule has 1 aliphatic heterocycles. The summed E-state index contributed by atoms with van der Waals surface area (Å²) in [5, 5.41) is 6.29. The van der Waals surface area contributed by atoms with Crippen molar-refractivity contribution >= 4 is 18.3 Å². The lowest BCUT2D eigenvalue weighted by Gasteiger charge is -2.14. The lowest BCUT2D eigenvalue weighted by molar-refractivity contribution is -0.131. The van der Waals surface area contributed by atoms with Gasteiger partial charge in [0.2, 0.25) is 5.91 Å². The van der Waals surface area contributed by atoms with E-state index in [1.165, 1.54) is 12.8 Å². The number of rotatable bonds is 6. The van der Waals surface area contributed by atoms with Gasteiger partial charge in [0.05, 0.1) is 0 Å². The van der Waals surface area contributed by atoms with Crippen LogP contribution in [0.15, 0.2) is 0 Å². The SMILES string of the molecule is CCOC(C)C(=O)NCC[C@H]1CCCN1.Cl. The predicted molar refractivity (Wildman–Crippen MR) is 67.0 cm³/mol. The second kappa shape index (κ2) is 8.79. The maximum Gasteiger partial charge on any atom is 0.248 e. The first-order valence-corrected chi connectivity index (χ1v) is 5.86. The van der Waals surface area contributed by atoms with Crippen molar-refractivity contribution < 1.29 is 9.53 Å². The fourth-order valence-electron chi connectivity index (χ4n) is 1.84. The molecule has 1 amide bonds. The number of carbonyl (C=O) groups is 1. The summed E-state index contributed by atoms with van der Waals surface area (Å²) in [7, 11) is 0. The summed E-state index contributed by atoms with van der Waals surface area (Å²) in [5.74, 6) is -0.00477. The molecule has 4 nitrogen and oxygen atoms in total. The molecular formula is C11H23ClN2O2. The van der Waals surface area contributed by atoms with E-state index in [2.05, 4.69) is 10.6 Å². The summed E-state index contributed by atoms with van der Waals surface area (Å²) >= 11 is 0. The van der Waals surface area contributed by atoms with Crippen LogP contribution in [0.5, 0.6) is 0 Å². The van der Waals surface area contributed by atoms with Crippen LogP contribution in [0, 0.1) is 0 Å². The molecule has 0 radical (unpaired) electrons. The Morgan fingerprint density at radius 1 is 1.62 bits per heavy atom. The maximum atomic E-state index is 11.5. The quantitative estimate of drug-likeness (QED) is 0.742. The Labute approximate surface area is 104 Å². The van der Waals surface area contributed by atoms with Gasteiger partial charge in [-0.3, -0.25) is 4.79 Å². The normalized spacial score (nSPS) is 21.2. The zero-order chi connectivity index (χ0) is 11.1. The number of hydrogen-bond acceptors (Lipinski definition) is 3. The molecule has 2 N–H and O–H groups in total. The molecule has 16 heavy (non-hydrogen) atoms. The van der Waals surface area contributed by atoms with Crippen molar-refractivity contribution in [1.82, 2.24) is 10.6 Å². The maximum absolute atomic E-state index is 11.5. The highest BCUT2D eigenvalue weighted by Gasteiger charge is 2.15. The standard InChI is InChI=1S/C11H22N2O2.ClH/c1-3-15-9(2)11(14)13-8-6-10-5-4-7-12-10;/h9-10,12H,3-8H2,1-2H3,(H,13,14);1H/t9?,10-;/m1./s1. The molecule has 0 aromatic heterocycles. The molecule has 1 rings (SSSR count). The first-order chi connectivity index (χ1) is 7.24. The third kappa shape index (κ3) is 5.68. The molecule has 1 unspecified atom stereocenters. The van der Waals surface area contributed by atoms with E-state index >= 15 is 0 Å². The molecule has 5 heteroatoms. The van der Waals surface area contributed by atoms with Crippen molar-refractivity contribution in [2.24, 2.45) is 0 Å². The molecule has 0 saturated carbocycles. The third-order valence-electron chi connectivity index (χ3n) is 2.74. The smallest absolute Gasteiger partial charge is 0.248 e. The van der Waals surface area contributed by atoms with Crippen LogP contribution in [-0.4, -0.2) is 37.7 Å². The highest BCUT2D eigenvalue weighted by Crippen LogP contribution is 2.07. The van der Waals surface area contributed by atoms with Crippen LogP contribution in [0.2, 0.25) is 0 Å². The van der Waals surface area contributed by atoms with Gasteiger partial charge in [0, 0.05) is 19.2 Å².